The molecule has 1 aromatic carbocycles. The average Bonchev–Trinajstić information content (AvgIpc) is 2.24. The first-order valence-corrected chi connectivity index (χ1v) is 5.32. The summed E-state index contributed by atoms with van der Waals surface area (Å²) in [6.07, 6.45) is -15.4. The molecular formula is C10H8BF7O3. The molecule has 0 aliphatic carbocycles. The topological polar surface area (TPSA) is 49.7 Å². The summed E-state index contributed by atoms with van der Waals surface area (Å²) in [6.45, 7) is -1.21. The van der Waals surface area contributed by atoms with Crippen LogP contribution in [0.25, 0.3) is 0 Å². The van der Waals surface area contributed by atoms with Gasteiger partial charge in [0.1, 0.15) is 5.82 Å². The highest BCUT2D eigenvalue weighted by molar-refractivity contribution is 6.58. The fourth-order valence-electron chi connectivity index (χ4n) is 1.46. The lowest BCUT2D eigenvalue weighted by Crippen LogP contribution is -2.44. The lowest BCUT2D eigenvalue weighted by atomic mass is 9.79. The van der Waals surface area contributed by atoms with Gasteiger partial charge < -0.3 is 14.8 Å². The van der Waals surface area contributed by atoms with Gasteiger partial charge in [-0.25, -0.2) is 4.39 Å². The van der Waals surface area contributed by atoms with Crippen LogP contribution >= 0.6 is 0 Å². The van der Waals surface area contributed by atoms with Crippen LogP contribution in [0.3, 0.4) is 0 Å². The molecule has 0 heterocycles. The molecule has 0 aliphatic rings. The van der Waals surface area contributed by atoms with Crippen LogP contribution in [0.4, 0.5) is 30.7 Å². The normalized spacial score (nSPS) is 12.9. The van der Waals surface area contributed by atoms with Crippen LogP contribution in [-0.4, -0.2) is 35.6 Å². The van der Waals surface area contributed by atoms with Crippen LogP contribution in [0.5, 0.6) is 0 Å². The maximum Gasteiger partial charge on any atom is 0.488 e. The fourth-order valence-corrected chi connectivity index (χ4v) is 1.46. The maximum atomic E-state index is 13.1. The van der Waals surface area contributed by atoms with E-state index in [0.29, 0.717) is 12.1 Å². The van der Waals surface area contributed by atoms with Gasteiger partial charge in [0, 0.05) is 0 Å². The molecule has 0 radical (unpaired) electrons. The van der Waals surface area contributed by atoms with E-state index in [2.05, 4.69) is 4.74 Å². The SMILES string of the molecule is OB(O)c1cc(F)cc(COC(C(F)(F)F)C(F)(F)F)c1. The minimum absolute atomic E-state index is 0.406. The van der Waals surface area contributed by atoms with Crippen molar-refractivity contribution in [1.82, 2.24) is 0 Å². The molecule has 21 heavy (non-hydrogen) atoms. The summed E-state index contributed by atoms with van der Waals surface area (Å²) < 4.78 is 90.1. The van der Waals surface area contributed by atoms with Crippen molar-refractivity contribution in [2.45, 2.75) is 25.1 Å². The van der Waals surface area contributed by atoms with E-state index in [4.69, 9.17) is 10.0 Å². The lowest BCUT2D eigenvalue weighted by Gasteiger charge is -2.23. The Hall–Kier alpha value is -1.33. The van der Waals surface area contributed by atoms with Gasteiger partial charge in [0.2, 0.25) is 6.10 Å². The molecular weight excluding hydrogens is 312 g/mol. The second-order valence-electron chi connectivity index (χ2n) is 4.04. The van der Waals surface area contributed by atoms with E-state index < -0.39 is 49.0 Å². The van der Waals surface area contributed by atoms with E-state index in [1.54, 1.807) is 0 Å². The quantitative estimate of drug-likeness (QED) is 0.653. The highest BCUT2D eigenvalue weighted by Gasteiger charge is 2.57. The van der Waals surface area contributed by atoms with E-state index in [9.17, 15) is 30.7 Å². The molecule has 0 atom stereocenters. The first-order valence-electron chi connectivity index (χ1n) is 5.32. The summed E-state index contributed by atoms with van der Waals surface area (Å²) >= 11 is 0. The van der Waals surface area contributed by atoms with Gasteiger partial charge in [-0.05, 0) is 23.2 Å². The molecule has 118 valence electrons. The van der Waals surface area contributed by atoms with Crippen molar-refractivity contribution in [2.75, 3.05) is 0 Å². The van der Waals surface area contributed by atoms with Crippen molar-refractivity contribution in [3.05, 3.63) is 29.6 Å². The number of rotatable bonds is 4. The van der Waals surface area contributed by atoms with Gasteiger partial charge in [0.05, 0.1) is 6.61 Å². The van der Waals surface area contributed by atoms with E-state index in [-0.39, 0.29) is 0 Å². The van der Waals surface area contributed by atoms with Crippen LogP contribution < -0.4 is 5.46 Å². The van der Waals surface area contributed by atoms with Crippen molar-refractivity contribution in [2.24, 2.45) is 0 Å². The molecule has 0 unspecified atom stereocenters. The Kier molecular flexibility index (Phi) is 5.23. The first-order chi connectivity index (χ1) is 9.41. The smallest absolute Gasteiger partial charge is 0.423 e. The minimum Gasteiger partial charge on any atom is -0.423 e. The standard InChI is InChI=1S/C10H8BF7O3/c12-7-2-5(1-6(3-7)11(19)20)4-21-8(9(13,14)15)10(16,17)18/h1-3,8,19-20H,4H2. The molecule has 3 nitrogen and oxygen atoms in total. The van der Waals surface area contributed by atoms with Crippen molar-refractivity contribution in [3.63, 3.8) is 0 Å². The van der Waals surface area contributed by atoms with Crippen LogP contribution in [-0.2, 0) is 11.3 Å². The number of alkyl halides is 6. The Morgan fingerprint density at radius 2 is 1.52 bits per heavy atom. The minimum atomic E-state index is -5.68. The predicted molar refractivity (Wildman–Crippen MR) is 56.9 cm³/mol. The highest BCUT2D eigenvalue weighted by atomic mass is 19.4. The molecule has 0 aromatic heterocycles. The monoisotopic (exact) mass is 320 g/mol. The van der Waals surface area contributed by atoms with E-state index in [1.807, 2.05) is 0 Å². The van der Waals surface area contributed by atoms with Gasteiger partial charge in [-0.1, -0.05) is 6.07 Å². The van der Waals surface area contributed by atoms with Crippen LogP contribution in [0, 0.1) is 5.82 Å². The van der Waals surface area contributed by atoms with Crippen LogP contribution in [0.1, 0.15) is 5.56 Å². The fraction of sp³-hybridized carbons (Fsp3) is 0.400. The first kappa shape index (κ1) is 17.7. The van der Waals surface area contributed by atoms with Crippen molar-refractivity contribution >= 4 is 12.6 Å². The molecule has 0 aliphatic heterocycles. The molecule has 0 spiro atoms. The molecule has 0 saturated carbocycles. The molecule has 11 heteroatoms. The van der Waals surface area contributed by atoms with Gasteiger partial charge in [-0.3, -0.25) is 0 Å². The van der Waals surface area contributed by atoms with E-state index in [0.717, 1.165) is 6.07 Å². The zero-order valence-corrected chi connectivity index (χ0v) is 10.0. The van der Waals surface area contributed by atoms with Gasteiger partial charge >= 0.3 is 19.5 Å². The number of benzene rings is 1. The van der Waals surface area contributed by atoms with Crippen molar-refractivity contribution < 1.29 is 45.5 Å². The summed E-state index contributed by atoms with van der Waals surface area (Å²) in [5.74, 6) is -1.06. The highest BCUT2D eigenvalue weighted by Crippen LogP contribution is 2.36. The van der Waals surface area contributed by atoms with Gasteiger partial charge in [0.25, 0.3) is 0 Å². The third kappa shape index (κ3) is 5.18. The summed E-state index contributed by atoms with van der Waals surface area (Å²) in [5, 5.41) is 17.6. The number of ether oxygens (including phenoxy) is 1. The third-order valence-corrected chi connectivity index (χ3v) is 2.29. The largest absolute Gasteiger partial charge is 0.488 e. The molecule has 0 bridgehead atoms. The average molecular weight is 320 g/mol. The number of hydrogen-bond donors (Lipinski definition) is 2. The molecule has 2 N–H and O–H groups in total. The Balaban J connectivity index is 2.91. The molecule has 0 amide bonds. The Labute approximate surface area is 114 Å². The number of halogens is 7. The second-order valence-corrected chi connectivity index (χ2v) is 4.04. The maximum absolute atomic E-state index is 13.1. The van der Waals surface area contributed by atoms with Crippen LogP contribution in [0.15, 0.2) is 18.2 Å². The Bertz CT molecular complexity index is 473. The van der Waals surface area contributed by atoms with Gasteiger partial charge in [-0.15, -0.1) is 0 Å². The zero-order valence-electron chi connectivity index (χ0n) is 10.0. The second kappa shape index (κ2) is 6.20. The molecule has 1 rings (SSSR count). The van der Waals surface area contributed by atoms with Gasteiger partial charge in [-0.2, -0.15) is 26.3 Å². The summed E-state index contributed by atoms with van der Waals surface area (Å²) in [4.78, 5) is 0. The third-order valence-electron chi connectivity index (χ3n) is 2.29. The van der Waals surface area contributed by atoms with Crippen molar-refractivity contribution in [1.29, 1.82) is 0 Å². The molecule has 0 saturated heterocycles. The predicted octanol–water partition coefficient (Wildman–Crippen LogP) is 1.52. The molecule has 0 fully saturated rings. The van der Waals surface area contributed by atoms with Gasteiger partial charge in [0.15, 0.2) is 0 Å². The van der Waals surface area contributed by atoms with E-state index >= 15 is 0 Å². The van der Waals surface area contributed by atoms with Crippen molar-refractivity contribution in [3.8, 4) is 0 Å². The summed E-state index contributed by atoms with van der Waals surface area (Å²) in [7, 11) is -2.12. The zero-order chi connectivity index (χ0) is 16.4. The lowest BCUT2D eigenvalue weighted by molar-refractivity contribution is -0.324. The Morgan fingerprint density at radius 3 is 1.95 bits per heavy atom. The molecule has 1 aromatic rings. The Morgan fingerprint density at radius 1 is 1.00 bits per heavy atom. The summed E-state index contributed by atoms with van der Waals surface area (Å²) in [6, 6.07) is 2.10. The van der Waals surface area contributed by atoms with E-state index in [1.165, 1.54) is 0 Å². The number of hydrogen-bond acceptors (Lipinski definition) is 3. The van der Waals surface area contributed by atoms with Crippen LogP contribution in [0.2, 0.25) is 0 Å². The summed E-state index contributed by atoms with van der Waals surface area (Å²) in [5.41, 5.74) is -0.833.